The van der Waals surface area contributed by atoms with Gasteiger partial charge in [-0.05, 0) is 12.8 Å². The molecular weight excluding hydrogens is 122 g/mol. The fourth-order valence-electron chi connectivity index (χ4n) is 0.578. The molecule has 1 nitrogen and oxygen atoms in total. The zero-order valence-corrected chi connectivity index (χ0v) is 7.04. The monoisotopic (exact) mass is 139 g/mol. The first-order chi connectivity index (χ1) is 4.91. The number of nitrogens with one attached hydrogen (secondary N) is 1. The van der Waals surface area contributed by atoms with E-state index in [1.54, 1.807) is 0 Å². The molecule has 0 atom stereocenters. The van der Waals surface area contributed by atoms with Crippen molar-refractivity contribution in [1.82, 2.24) is 5.32 Å². The van der Waals surface area contributed by atoms with Crippen LogP contribution < -0.4 is 5.32 Å². The highest BCUT2D eigenvalue weighted by atomic mass is 14.8. The summed E-state index contributed by atoms with van der Waals surface area (Å²) in [7, 11) is 0. The van der Waals surface area contributed by atoms with Gasteiger partial charge in [-0.1, -0.05) is 26.2 Å². The lowest BCUT2D eigenvalue weighted by molar-refractivity contribution is 0.813. The molecule has 0 aromatic heterocycles. The molecule has 10 heavy (non-hydrogen) atoms. The first kappa shape index (κ1) is 9.36. The summed E-state index contributed by atoms with van der Waals surface area (Å²) in [5, 5.41) is 3.03. The van der Waals surface area contributed by atoms with Gasteiger partial charge in [0.25, 0.3) is 0 Å². The summed E-state index contributed by atoms with van der Waals surface area (Å²) in [4.78, 5) is 0. The van der Waals surface area contributed by atoms with Crippen LogP contribution in [0.5, 0.6) is 0 Å². The van der Waals surface area contributed by atoms with E-state index < -0.39 is 0 Å². The van der Waals surface area contributed by atoms with E-state index >= 15 is 0 Å². The molecule has 0 aliphatic rings. The zero-order chi connectivity index (χ0) is 7.66. The highest BCUT2D eigenvalue weighted by Gasteiger charge is 1.75. The summed E-state index contributed by atoms with van der Waals surface area (Å²) in [6.07, 6.45) is 4.65. The zero-order valence-electron chi connectivity index (χ0n) is 7.04. The number of hydrogen-bond acceptors (Lipinski definition) is 1. The van der Waals surface area contributed by atoms with Crippen LogP contribution in [-0.4, -0.2) is 6.54 Å². The average Bonchev–Trinajstić information content (AvgIpc) is 1.97. The molecule has 0 aliphatic heterocycles. The van der Waals surface area contributed by atoms with Crippen LogP contribution in [0, 0.1) is 12.0 Å². The fourth-order valence-corrected chi connectivity index (χ4v) is 0.578. The van der Waals surface area contributed by atoms with Crippen molar-refractivity contribution in [1.29, 1.82) is 0 Å². The van der Waals surface area contributed by atoms with Gasteiger partial charge in [0.05, 0.1) is 0 Å². The maximum atomic E-state index is 3.06. The van der Waals surface area contributed by atoms with Crippen LogP contribution in [0.25, 0.3) is 0 Å². The van der Waals surface area contributed by atoms with Gasteiger partial charge in [-0.2, -0.15) is 0 Å². The molecule has 0 radical (unpaired) electrons. The molecule has 1 N–H and O–H groups in total. The topological polar surface area (TPSA) is 12.0 Å². The van der Waals surface area contributed by atoms with Gasteiger partial charge in [0.1, 0.15) is 0 Å². The second-order valence-corrected chi connectivity index (χ2v) is 2.33. The van der Waals surface area contributed by atoms with Crippen LogP contribution in [-0.2, 0) is 0 Å². The number of rotatable bonds is 4. The van der Waals surface area contributed by atoms with Gasteiger partial charge in [0, 0.05) is 19.0 Å². The Kier molecular flexibility index (Phi) is 7.82. The standard InChI is InChI=1S/C9H17N/c1-3-5-6-7-9-10-8-4-2/h10H,3-6,8H2,1-2H3. The number of unbranched alkanes of at least 4 members (excludes halogenated alkanes) is 2. The van der Waals surface area contributed by atoms with E-state index in [-0.39, 0.29) is 0 Å². The van der Waals surface area contributed by atoms with Crippen molar-refractivity contribution < 1.29 is 0 Å². The third kappa shape index (κ3) is 7.36. The van der Waals surface area contributed by atoms with Crippen molar-refractivity contribution in [3.63, 3.8) is 0 Å². The van der Waals surface area contributed by atoms with Gasteiger partial charge in [-0.25, -0.2) is 0 Å². The minimum atomic E-state index is 1.01. The maximum Gasteiger partial charge on any atom is 0.0227 e. The second kappa shape index (κ2) is 8.36. The number of hydrogen-bond donors (Lipinski definition) is 1. The lowest BCUT2D eigenvalue weighted by Crippen LogP contribution is -2.05. The molecule has 0 unspecified atom stereocenters. The molecule has 0 saturated heterocycles. The van der Waals surface area contributed by atoms with Crippen molar-refractivity contribution in [2.45, 2.75) is 39.5 Å². The Labute approximate surface area is 64.2 Å². The SMILES string of the molecule is CCCCC#CNCCC. The highest BCUT2D eigenvalue weighted by molar-refractivity contribution is 4.95. The second-order valence-electron chi connectivity index (χ2n) is 2.33. The summed E-state index contributed by atoms with van der Waals surface area (Å²) in [6.45, 7) is 5.33. The molecule has 0 saturated carbocycles. The van der Waals surface area contributed by atoms with Crippen molar-refractivity contribution in [2.75, 3.05) is 6.54 Å². The van der Waals surface area contributed by atoms with Gasteiger partial charge >= 0.3 is 0 Å². The molecule has 0 spiro atoms. The quantitative estimate of drug-likeness (QED) is 0.357. The minimum absolute atomic E-state index is 1.01. The van der Waals surface area contributed by atoms with Crippen molar-refractivity contribution in [3.05, 3.63) is 0 Å². The molecule has 0 fully saturated rings. The van der Waals surface area contributed by atoms with Crippen LogP contribution in [0.15, 0.2) is 0 Å². The third-order valence-corrected chi connectivity index (χ3v) is 1.21. The lowest BCUT2D eigenvalue weighted by Gasteiger charge is -1.89. The van der Waals surface area contributed by atoms with Crippen LogP contribution >= 0.6 is 0 Å². The van der Waals surface area contributed by atoms with Gasteiger partial charge in [0.2, 0.25) is 0 Å². The van der Waals surface area contributed by atoms with Gasteiger partial charge < -0.3 is 5.32 Å². The van der Waals surface area contributed by atoms with Crippen molar-refractivity contribution >= 4 is 0 Å². The van der Waals surface area contributed by atoms with Crippen LogP contribution in [0.2, 0.25) is 0 Å². The van der Waals surface area contributed by atoms with E-state index in [0.717, 1.165) is 19.4 Å². The molecule has 0 aromatic rings. The van der Waals surface area contributed by atoms with Gasteiger partial charge in [-0.3, -0.25) is 0 Å². The molecule has 0 heterocycles. The summed E-state index contributed by atoms with van der Waals surface area (Å²) in [5.74, 6) is 3.06. The molecule has 0 amide bonds. The summed E-state index contributed by atoms with van der Waals surface area (Å²) in [5.41, 5.74) is 0. The summed E-state index contributed by atoms with van der Waals surface area (Å²) >= 11 is 0. The van der Waals surface area contributed by atoms with Gasteiger partial charge in [0.15, 0.2) is 0 Å². The van der Waals surface area contributed by atoms with E-state index in [2.05, 4.69) is 31.1 Å². The van der Waals surface area contributed by atoms with E-state index in [1.165, 1.54) is 12.8 Å². The van der Waals surface area contributed by atoms with Crippen LogP contribution in [0.4, 0.5) is 0 Å². The Hall–Kier alpha value is -0.640. The molecular formula is C9H17N. The van der Waals surface area contributed by atoms with E-state index in [4.69, 9.17) is 0 Å². The predicted molar refractivity (Wildman–Crippen MR) is 45.6 cm³/mol. The average molecular weight is 139 g/mol. The Morgan fingerprint density at radius 1 is 1.20 bits per heavy atom. The minimum Gasteiger partial charge on any atom is -0.346 e. The Bertz CT molecular complexity index is 95.6. The molecule has 0 rings (SSSR count). The molecule has 1 heteroatoms. The van der Waals surface area contributed by atoms with Crippen LogP contribution in [0.1, 0.15) is 39.5 Å². The van der Waals surface area contributed by atoms with Gasteiger partial charge in [-0.15, -0.1) is 0 Å². The smallest absolute Gasteiger partial charge is 0.0227 e. The van der Waals surface area contributed by atoms with E-state index in [1.807, 2.05) is 0 Å². The molecule has 0 aromatic carbocycles. The molecule has 0 bridgehead atoms. The molecule has 0 aliphatic carbocycles. The third-order valence-electron chi connectivity index (χ3n) is 1.21. The summed E-state index contributed by atoms with van der Waals surface area (Å²) < 4.78 is 0. The normalized spacial score (nSPS) is 8.20. The predicted octanol–water partition coefficient (Wildman–Crippen LogP) is 2.14. The molecule has 58 valence electrons. The largest absolute Gasteiger partial charge is 0.346 e. The first-order valence-corrected chi connectivity index (χ1v) is 4.12. The first-order valence-electron chi connectivity index (χ1n) is 4.12. The Morgan fingerprint density at radius 3 is 2.60 bits per heavy atom. The lowest BCUT2D eigenvalue weighted by atomic mass is 10.3. The van der Waals surface area contributed by atoms with E-state index in [0.29, 0.717) is 0 Å². The highest BCUT2D eigenvalue weighted by Crippen LogP contribution is 1.89. The Balaban J connectivity index is 2.98. The maximum absolute atomic E-state index is 3.06. The summed E-state index contributed by atoms with van der Waals surface area (Å²) in [6, 6.07) is 2.92. The van der Waals surface area contributed by atoms with E-state index in [9.17, 15) is 0 Å². The Morgan fingerprint density at radius 2 is 2.00 bits per heavy atom. The van der Waals surface area contributed by atoms with Crippen molar-refractivity contribution in [2.24, 2.45) is 0 Å². The van der Waals surface area contributed by atoms with Crippen molar-refractivity contribution in [3.8, 4) is 12.0 Å². The van der Waals surface area contributed by atoms with Crippen LogP contribution in [0.3, 0.4) is 0 Å². The fraction of sp³-hybridized carbons (Fsp3) is 0.778.